The fourth-order valence-corrected chi connectivity index (χ4v) is 4.77. The van der Waals surface area contributed by atoms with Crippen LogP contribution in [0.5, 0.6) is 0 Å². The van der Waals surface area contributed by atoms with Crippen molar-refractivity contribution >= 4 is 28.1 Å². The molecule has 6 aromatic rings. The second kappa shape index (κ2) is 8.88. The molecular formula is C26H15FN6O3S. The molecule has 0 saturated carbocycles. The second-order valence-corrected chi connectivity index (χ2v) is 9.08. The molecule has 9 nitrogen and oxygen atoms in total. The third-order valence-electron chi connectivity index (χ3n) is 5.69. The molecule has 37 heavy (non-hydrogen) atoms. The number of aromatic nitrogens is 5. The number of para-hydroxylation sites is 1. The lowest BCUT2D eigenvalue weighted by Crippen LogP contribution is -2.23. The Kier molecular flexibility index (Phi) is 5.38. The Morgan fingerprint density at radius 1 is 0.919 bits per heavy atom. The van der Waals surface area contributed by atoms with Gasteiger partial charge >= 0.3 is 0 Å². The molecule has 0 unspecified atom stereocenters. The van der Waals surface area contributed by atoms with Gasteiger partial charge in [-0.3, -0.25) is 14.9 Å². The van der Waals surface area contributed by atoms with Crippen LogP contribution in [0.4, 0.5) is 10.1 Å². The van der Waals surface area contributed by atoms with E-state index in [1.807, 2.05) is 30.3 Å². The number of hydrogen-bond acceptors (Lipinski definition) is 7. The van der Waals surface area contributed by atoms with Crippen LogP contribution in [-0.2, 0) is 0 Å². The van der Waals surface area contributed by atoms with Crippen molar-refractivity contribution in [2.24, 2.45) is 0 Å². The molecule has 11 heteroatoms. The first-order valence-electron chi connectivity index (χ1n) is 11.0. The number of nitro benzene ring substituents is 1. The number of hydrogen-bond donors (Lipinski definition) is 0. The molecule has 0 aliphatic rings. The summed E-state index contributed by atoms with van der Waals surface area (Å²) in [5.41, 5.74) is 2.93. The van der Waals surface area contributed by atoms with Crippen LogP contribution in [0, 0.1) is 15.9 Å². The Hall–Kier alpha value is -5.03. The Morgan fingerprint density at radius 2 is 1.62 bits per heavy atom. The van der Waals surface area contributed by atoms with E-state index in [0.717, 1.165) is 5.69 Å². The number of non-ortho nitro benzene ring substituents is 1. The van der Waals surface area contributed by atoms with Crippen LogP contribution in [0.1, 0.15) is 5.56 Å². The summed E-state index contributed by atoms with van der Waals surface area (Å²) in [5, 5.41) is 20.1. The van der Waals surface area contributed by atoms with Crippen LogP contribution >= 0.6 is 11.3 Å². The topological polar surface area (TPSA) is 108 Å². The molecule has 0 aliphatic heterocycles. The highest BCUT2D eigenvalue weighted by atomic mass is 32.1. The van der Waals surface area contributed by atoms with E-state index in [-0.39, 0.29) is 17.1 Å². The summed E-state index contributed by atoms with van der Waals surface area (Å²) in [5.74, 6) is -0.0376. The Labute approximate surface area is 211 Å². The van der Waals surface area contributed by atoms with Gasteiger partial charge < -0.3 is 0 Å². The number of benzene rings is 3. The molecule has 0 spiro atoms. The number of rotatable bonds is 5. The standard InChI is InChI=1S/C26H15FN6O3S/c27-19-10-6-17(7-11-19)24-28-26-32(30-24)25(34)22(37-26)14-18-15-31(20-4-2-1-3-5-20)29-23(18)16-8-12-21(13-9-16)33(35)36/h1-15H. The van der Waals surface area contributed by atoms with Gasteiger partial charge in [-0.15, -0.1) is 5.10 Å². The van der Waals surface area contributed by atoms with E-state index in [4.69, 9.17) is 5.10 Å². The number of nitro groups is 1. The summed E-state index contributed by atoms with van der Waals surface area (Å²) in [7, 11) is 0. The molecule has 180 valence electrons. The van der Waals surface area contributed by atoms with Crippen molar-refractivity contribution in [1.82, 2.24) is 24.4 Å². The number of nitrogens with zero attached hydrogens (tertiary/aromatic N) is 6. The summed E-state index contributed by atoms with van der Waals surface area (Å²) in [4.78, 5) is 28.6. The third kappa shape index (κ3) is 4.17. The van der Waals surface area contributed by atoms with E-state index < -0.39 is 4.92 Å². The molecule has 3 heterocycles. The van der Waals surface area contributed by atoms with Crippen molar-refractivity contribution in [1.29, 1.82) is 0 Å². The van der Waals surface area contributed by atoms with Gasteiger partial charge in [0.25, 0.3) is 11.2 Å². The molecule has 0 radical (unpaired) electrons. The quantitative estimate of drug-likeness (QED) is 0.253. The monoisotopic (exact) mass is 510 g/mol. The molecule has 3 aromatic carbocycles. The van der Waals surface area contributed by atoms with Crippen LogP contribution in [0.2, 0.25) is 0 Å². The first-order valence-corrected chi connectivity index (χ1v) is 11.8. The predicted molar refractivity (Wildman–Crippen MR) is 137 cm³/mol. The van der Waals surface area contributed by atoms with Gasteiger partial charge in [-0.1, -0.05) is 29.5 Å². The average molecular weight is 511 g/mol. The Bertz CT molecular complexity index is 1880. The summed E-state index contributed by atoms with van der Waals surface area (Å²) in [6.07, 6.45) is 3.51. The van der Waals surface area contributed by atoms with Gasteiger partial charge in [0, 0.05) is 35.0 Å². The molecule has 0 atom stereocenters. The number of thiazole rings is 1. The molecule has 0 amide bonds. The number of halogens is 1. The maximum absolute atomic E-state index is 13.3. The molecule has 6 rings (SSSR count). The summed E-state index contributed by atoms with van der Waals surface area (Å²) in [6.45, 7) is 0. The molecule has 0 aliphatic carbocycles. The molecular weight excluding hydrogens is 495 g/mol. The minimum Gasteiger partial charge on any atom is -0.266 e. The smallest absolute Gasteiger partial charge is 0.266 e. The molecule has 0 fully saturated rings. The summed E-state index contributed by atoms with van der Waals surface area (Å²) < 4.78 is 16.6. The van der Waals surface area contributed by atoms with Crippen molar-refractivity contribution in [2.45, 2.75) is 0 Å². The lowest BCUT2D eigenvalue weighted by molar-refractivity contribution is -0.384. The van der Waals surface area contributed by atoms with Crippen LogP contribution < -0.4 is 10.1 Å². The van der Waals surface area contributed by atoms with Crippen LogP contribution in [0.25, 0.3) is 39.4 Å². The second-order valence-electron chi connectivity index (χ2n) is 8.07. The zero-order valence-electron chi connectivity index (χ0n) is 18.9. The molecule has 0 saturated heterocycles. The van der Waals surface area contributed by atoms with E-state index in [9.17, 15) is 19.3 Å². The van der Waals surface area contributed by atoms with E-state index in [0.29, 0.717) is 37.7 Å². The van der Waals surface area contributed by atoms with Gasteiger partial charge in [0.05, 0.1) is 15.1 Å². The van der Waals surface area contributed by atoms with Crippen molar-refractivity contribution in [2.75, 3.05) is 0 Å². The zero-order chi connectivity index (χ0) is 25.5. The van der Waals surface area contributed by atoms with Crippen LogP contribution in [-0.4, -0.2) is 29.3 Å². The highest BCUT2D eigenvalue weighted by molar-refractivity contribution is 7.15. The Balaban J connectivity index is 1.47. The summed E-state index contributed by atoms with van der Waals surface area (Å²) in [6, 6.07) is 21.3. The predicted octanol–water partition coefficient (Wildman–Crippen LogP) is 4.27. The Morgan fingerprint density at radius 3 is 2.30 bits per heavy atom. The van der Waals surface area contributed by atoms with Gasteiger partial charge in [-0.05, 0) is 54.6 Å². The molecule has 3 aromatic heterocycles. The van der Waals surface area contributed by atoms with E-state index >= 15 is 0 Å². The van der Waals surface area contributed by atoms with Gasteiger partial charge in [0.2, 0.25) is 4.96 Å². The fourth-order valence-electron chi connectivity index (χ4n) is 3.87. The lowest BCUT2D eigenvalue weighted by Gasteiger charge is -2.00. The summed E-state index contributed by atoms with van der Waals surface area (Å²) >= 11 is 1.17. The first kappa shape index (κ1) is 22.4. The zero-order valence-corrected chi connectivity index (χ0v) is 19.7. The van der Waals surface area contributed by atoms with Crippen LogP contribution in [0.15, 0.2) is 89.9 Å². The maximum atomic E-state index is 13.3. The van der Waals surface area contributed by atoms with Gasteiger partial charge in [0.15, 0.2) is 5.82 Å². The minimum absolute atomic E-state index is 0.0267. The highest BCUT2D eigenvalue weighted by Crippen LogP contribution is 2.26. The van der Waals surface area contributed by atoms with Crippen molar-refractivity contribution in [3.05, 3.63) is 121 Å². The van der Waals surface area contributed by atoms with E-state index in [2.05, 4.69) is 10.1 Å². The van der Waals surface area contributed by atoms with Gasteiger partial charge in [0.1, 0.15) is 11.5 Å². The number of fused-ring (bicyclic) bond motifs is 1. The third-order valence-corrected chi connectivity index (χ3v) is 6.64. The average Bonchev–Trinajstić information content (AvgIpc) is 3.60. The van der Waals surface area contributed by atoms with E-state index in [1.165, 1.54) is 40.1 Å². The van der Waals surface area contributed by atoms with Gasteiger partial charge in [-0.25, -0.2) is 9.07 Å². The van der Waals surface area contributed by atoms with Crippen molar-refractivity contribution in [3.63, 3.8) is 0 Å². The molecule has 0 bridgehead atoms. The SMILES string of the molecule is O=c1c(=Cc2cn(-c3ccccc3)nc2-c2ccc([N+](=O)[O-])cc2)sc2nc(-c3ccc(F)cc3)nn12. The highest BCUT2D eigenvalue weighted by Gasteiger charge is 2.16. The first-order chi connectivity index (χ1) is 18.0. The van der Waals surface area contributed by atoms with Crippen molar-refractivity contribution in [3.8, 4) is 28.3 Å². The van der Waals surface area contributed by atoms with Crippen LogP contribution in [0.3, 0.4) is 0 Å². The van der Waals surface area contributed by atoms with Gasteiger partial charge in [-0.2, -0.15) is 14.6 Å². The fraction of sp³-hybridized carbons (Fsp3) is 0. The normalized spacial score (nSPS) is 11.9. The minimum atomic E-state index is -0.461. The molecule has 0 N–H and O–H groups in total. The van der Waals surface area contributed by atoms with E-state index in [1.54, 1.807) is 41.2 Å². The lowest BCUT2D eigenvalue weighted by atomic mass is 10.1. The maximum Gasteiger partial charge on any atom is 0.291 e. The van der Waals surface area contributed by atoms with Crippen molar-refractivity contribution < 1.29 is 9.31 Å². The largest absolute Gasteiger partial charge is 0.291 e.